The molecule has 2 aliphatic rings. The minimum Gasteiger partial charge on any atom is -0.374 e. The molecular weight excluding hydrogens is 218 g/mol. The van der Waals surface area contributed by atoms with Gasteiger partial charge in [-0.15, -0.1) is 0 Å². The molecule has 0 aromatic carbocycles. The number of hydrogen-bond acceptors (Lipinski definition) is 3. The number of nitrogens with two attached hydrogens (primary N) is 1. The highest BCUT2D eigenvalue weighted by Gasteiger charge is 2.31. The topological polar surface area (TPSA) is 67.6 Å². The van der Waals surface area contributed by atoms with E-state index in [0.717, 1.165) is 51.9 Å². The molecule has 2 saturated heterocycles. The monoisotopic (exact) mass is 241 g/mol. The molecule has 3 N–H and O–H groups in total. The van der Waals surface area contributed by atoms with Gasteiger partial charge in [-0.1, -0.05) is 0 Å². The van der Waals surface area contributed by atoms with Gasteiger partial charge in [0.2, 0.25) is 0 Å². The van der Waals surface area contributed by atoms with E-state index < -0.39 is 0 Å². The molecule has 2 aliphatic heterocycles. The molecule has 0 aromatic rings. The summed E-state index contributed by atoms with van der Waals surface area (Å²) in [4.78, 5) is 12.7. The van der Waals surface area contributed by atoms with Crippen molar-refractivity contribution < 1.29 is 9.53 Å². The molecule has 0 radical (unpaired) electrons. The molecule has 2 amide bonds. The molecule has 0 bridgehead atoms. The second-order valence-corrected chi connectivity index (χ2v) is 5.38. The second-order valence-electron chi connectivity index (χ2n) is 5.38. The van der Waals surface area contributed by atoms with E-state index in [0.29, 0.717) is 6.04 Å². The molecule has 1 unspecified atom stereocenters. The maximum absolute atomic E-state index is 11.0. The van der Waals surface area contributed by atoms with Gasteiger partial charge < -0.3 is 20.7 Å². The summed E-state index contributed by atoms with van der Waals surface area (Å²) >= 11 is 0. The Bertz CT molecular complexity index is 269. The molecular formula is C12H23N3O2. The van der Waals surface area contributed by atoms with Gasteiger partial charge in [-0.25, -0.2) is 4.79 Å². The van der Waals surface area contributed by atoms with E-state index >= 15 is 0 Å². The Balaban J connectivity index is 1.69. The standard InChI is InChI=1S/C12H23N3O2/c1-12(5-2-8-17-12)9-14-10-3-6-15(7-4-10)11(13)16/h10,14H,2-9H2,1H3,(H2,13,16). The van der Waals surface area contributed by atoms with E-state index in [1.807, 2.05) is 0 Å². The van der Waals surface area contributed by atoms with Crippen molar-refractivity contribution in [1.29, 1.82) is 0 Å². The van der Waals surface area contributed by atoms with E-state index in [-0.39, 0.29) is 11.6 Å². The minimum atomic E-state index is -0.297. The fourth-order valence-electron chi connectivity index (χ4n) is 2.64. The average Bonchev–Trinajstić information content (AvgIpc) is 2.75. The van der Waals surface area contributed by atoms with Gasteiger partial charge in [0.15, 0.2) is 0 Å². The normalized spacial score (nSPS) is 30.8. The first kappa shape index (κ1) is 12.6. The van der Waals surface area contributed by atoms with Gasteiger partial charge >= 0.3 is 6.03 Å². The summed E-state index contributed by atoms with van der Waals surface area (Å²) in [5.41, 5.74) is 5.27. The molecule has 0 aromatic heterocycles. The lowest BCUT2D eigenvalue weighted by Crippen LogP contribution is -2.49. The molecule has 17 heavy (non-hydrogen) atoms. The van der Waals surface area contributed by atoms with Crippen molar-refractivity contribution in [1.82, 2.24) is 10.2 Å². The van der Waals surface area contributed by atoms with Gasteiger partial charge in [0, 0.05) is 32.3 Å². The van der Waals surface area contributed by atoms with Crippen molar-refractivity contribution in [2.45, 2.75) is 44.2 Å². The Kier molecular flexibility index (Phi) is 3.89. The molecule has 0 aliphatic carbocycles. The summed E-state index contributed by atoms with van der Waals surface area (Å²) in [7, 11) is 0. The number of hydrogen-bond donors (Lipinski definition) is 2. The summed E-state index contributed by atoms with van der Waals surface area (Å²) in [5.74, 6) is 0. The predicted octanol–water partition coefficient (Wildman–Crippen LogP) is 0.688. The van der Waals surface area contributed by atoms with Gasteiger partial charge in [0.05, 0.1) is 5.60 Å². The van der Waals surface area contributed by atoms with E-state index in [2.05, 4.69) is 12.2 Å². The maximum Gasteiger partial charge on any atom is 0.314 e. The number of nitrogens with one attached hydrogen (secondary N) is 1. The average molecular weight is 241 g/mol. The van der Waals surface area contributed by atoms with E-state index in [1.54, 1.807) is 4.90 Å². The SMILES string of the molecule is CC1(CNC2CCN(C(N)=O)CC2)CCCO1. The molecule has 5 nitrogen and oxygen atoms in total. The first-order valence-electron chi connectivity index (χ1n) is 6.51. The number of primary amides is 1. The molecule has 2 fully saturated rings. The summed E-state index contributed by atoms with van der Waals surface area (Å²) in [6.07, 6.45) is 4.27. The summed E-state index contributed by atoms with van der Waals surface area (Å²) in [5, 5.41) is 3.56. The third-order valence-electron chi connectivity index (χ3n) is 3.87. The first-order chi connectivity index (χ1) is 8.09. The highest BCUT2D eigenvalue weighted by Crippen LogP contribution is 2.24. The molecule has 0 spiro atoms. The van der Waals surface area contributed by atoms with Gasteiger partial charge in [-0.2, -0.15) is 0 Å². The van der Waals surface area contributed by atoms with Crippen LogP contribution in [0.5, 0.6) is 0 Å². The van der Waals surface area contributed by atoms with E-state index in [9.17, 15) is 4.79 Å². The quantitative estimate of drug-likeness (QED) is 0.764. The number of rotatable bonds is 3. The number of urea groups is 1. The number of piperidine rings is 1. The van der Waals surface area contributed by atoms with Crippen molar-refractivity contribution in [2.75, 3.05) is 26.2 Å². The van der Waals surface area contributed by atoms with Crippen LogP contribution >= 0.6 is 0 Å². The number of ether oxygens (including phenoxy) is 1. The zero-order valence-corrected chi connectivity index (χ0v) is 10.6. The van der Waals surface area contributed by atoms with Crippen LogP contribution in [0.3, 0.4) is 0 Å². The fourth-order valence-corrected chi connectivity index (χ4v) is 2.64. The predicted molar refractivity (Wildman–Crippen MR) is 65.8 cm³/mol. The number of likely N-dealkylation sites (tertiary alicyclic amines) is 1. The number of carbonyl (C=O) groups is 1. The van der Waals surface area contributed by atoms with Crippen LogP contribution < -0.4 is 11.1 Å². The maximum atomic E-state index is 11.0. The second kappa shape index (κ2) is 5.23. The van der Waals surface area contributed by atoms with Crippen molar-refractivity contribution in [3.8, 4) is 0 Å². The minimum absolute atomic E-state index is 0.0147. The van der Waals surface area contributed by atoms with E-state index in [1.165, 1.54) is 0 Å². The number of nitrogens with zero attached hydrogens (tertiary/aromatic N) is 1. The third-order valence-corrected chi connectivity index (χ3v) is 3.87. The Morgan fingerprint density at radius 1 is 1.53 bits per heavy atom. The Labute approximate surface area is 103 Å². The van der Waals surface area contributed by atoms with Gasteiger partial charge in [0.25, 0.3) is 0 Å². The smallest absolute Gasteiger partial charge is 0.314 e. The lowest BCUT2D eigenvalue weighted by Gasteiger charge is -2.33. The Hall–Kier alpha value is -0.810. The van der Waals surface area contributed by atoms with Crippen LogP contribution in [0, 0.1) is 0 Å². The van der Waals surface area contributed by atoms with Gasteiger partial charge in [0.1, 0.15) is 0 Å². The van der Waals surface area contributed by atoms with Gasteiger partial charge in [-0.05, 0) is 32.6 Å². The molecule has 98 valence electrons. The van der Waals surface area contributed by atoms with Crippen molar-refractivity contribution in [2.24, 2.45) is 5.73 Å². The molecule has 1 atom stereocenters. The summed E-state index contributed by atoms with van der Waals surface area (Å²) in [6.45, 7) is 5.51. The van der Waals surface area contributed by atoms with Crippen molar-refractivity contribution in [3.63, 3.8) is 0 Å². The third kappa shape index (κ3) is 3.33. The highest BCUT2D eigenvalue weighted by atomic mass is 16.5. The van der Waals surface area contributed by atoms with Crippen LogP contribution in [-0.2, 0) is 4.74 Å². The van der Waals surface area contributed by atoms with E-state index in [4.69, 9.17) is 10.5 Å². The van der Waals surface area contributed by atoms with Crippen LogP contribution in [0.25, 0.3) is 0 Å². The largest absolute Gasteiger partial charge is 0.374 e. The number of amides is 2. The molecule has 0 saturated carbocycles. The lowest BCUT2D eigenvalue weighted by atomic mass is 10.0. The van der Waals surface area contributed by atoms with Gasteiger partial charge in [-0.3, -0.25) is 0 Å². The van der Waals surface area contributed by atoms with Crippen molar-refractivity contribution >= 4 is 6.03 Å². The molecule has 2 heterocycles. The Morgan fingerprint density at radius 3 is 2.76 bits per heavy atom. The molecule has 2 rings (SSSR count). The fraction of sp³-hybridized carbons (Fsp3) is 0.917. The van der Waals surface area contributed by atoms with Crippen LogP contribution in [0.4, 0.5) is 4.79 Å². The zero-order chi connectivity index (χ0) is 12.3. The van der Waals surface area contributed by atoms with Crippen molar-refractivity contribution in [3.05, 3.63) is 0 Å². The van der Waals surface area contributed by atoms with Crippen LogP contribution in [0.15, 0.2) is 0 Å². The Morgan fingerprint density at radius 2 is 2.24 bits per heavy atom. The van der Waals surface area contributed by atoms with Crippen LogP contribution in [0.2, 0.25) is 0 Å². The first-order valence-corrected chi connectivity index (χ1v) is 6.51. The summed E-state index contributed by atoms with van der Waals surface area (Å²) < 4.78 is 5.74. The zero-order valence-electron chi connectivity index (χ0n) is 10.6. The highest BCUT2D eigenvalue weighted by molar-refractivity contribution is 5.72. The summed E-state index contributed by atoms with van der Waals surface area (Å²) in [6, 6.07) is 0.196. The van der Waals surface area contributed by atoms with Crippen LogP contribution in [0.1, 0.15) is 32.6 Å². The lowest BCUT2D eigenvalue weighted by molar-refractivity contribution is 0.0172. The number of carbonyl (C=O) groups excluding carboxylic acids is 1. The van der Waals surface area contributed by atoms with Crippen LogP contribution in [-0.4, -0.2) is 48.8 Å². The molecule has 5 heteroatoms.